The summed E-state index contributed by atoms with van der Waals surface area (Å²) in [5.74, 6) is 1.07. The van der Waals surface area contributed by atoms with Crippen LogP contribution in [-0.2, 0) is 6.54 Å². The second kappa shape index (κ2) is 6.01. The summed E-state index contributed by atoms with van der Waals surface area (Å²) >= 11 is 6.30. The van der Waals surface area contributed by atoms with Crippen molar-refractivity contribution < 1.29 is 4.92 Å². The molecule has 2 aromatic carbocycles. The molecular weight excluding hydrogens is 314 g/mol. The van der Waals surface area contributed by atoms with Crippen LogP contribution >= 0.6 is 11.6 Å². The minimum atomic E-state index is -0.421. The molecule has 3 rings (SSSR count). The second-order valence-electron chi connectivity index (χ2n) is 5.85. The number of imidazole rings is 1. The highest BCUT2D eigenvalue weighted by atomic mass is 35.5. The molecule has 0 spiro atoms. The number of benzene rings is 2. The Morgan fingerprint density at radius 3 is 2.70 bits per heavy atom. The number of hydrogen-bond acceptors (Lipinski definition) is 3. The number of fused-ring (bicyclic) bond motifs is 1. The molecule has 0 radical (unpaired) electrons. The van der Waals surface area contributed by atoms with E-state index in [1.54, 1.807) is 6.07 Å². The predicted molar refractivity (Wildman–Crippen MR) is 91.7 cm³/mol. The molecule has 0 amide bonds. The van der Waals surface area contributed by atoms with Gasteiger partial charge in [-0.3, -0.25) is 10.1 Å². The van der Waals surface area contributed by atoms with Gasteiger partial charge >= 0.3 is 0 Å². The van der Waals surface area contributed by atoms with E-state index in [9.17, 15) is 10.1 Å². The van der Waals surface area contributed by atoms with Crippen LogP contribution in [0.1, 0.15) is 13.8 Å². The smallest absolute Gasteiger partial charge is 0.270 e. The highest BCUT2D eigenvalue weighted by Crippen LogP contribution is 2.33. The van der Waals surface area contributed by atoms with Gasteiger partial charge in [0.25, 0.3) is 5.69 Å². The zero-order valence-corrected chi connectivity index (χ0v) is 13.6. The fourth-order valence-electron chi connectivity index (χ4n) is 2.63. The first kappa shape index (κ1) is 15.5. The summed E-state index contributed by atoms with van der Waals surface area (Å²) in [4.78, 5) is 15.3. The van der Waals surface area contributed by atoms with Gasteiger partial charge in [-0.25, -0.2) is 4.98 Å². The average molecular weight is 330 g/mol. The van der Waals surface area contributed by atoms with Gasteiger partial charge in [-0.15, -0.1) is 0 Å². The van der Waals surface area contributed by atoms with Crippen LogP contribution in [0.25, 0.3) is 22.4 Å². The first-order chi connectivity index (χ1) is 11.0. The molecule has 0 saturated carbocycles. The Hall–Kier alpha value is -2.40. The molecule has 1 aromatic heterocycles. The SMILES string of the molecule is CC(C)Cn1c(-c2cc([N+](=O)[O-])ccc2Cl)nc2ccccc21. The Kier molecular flexibility index (Phi) is 4.05. The van der Waals surface area contributed by atoms with Crippen molar-refractivity contribution in [2.75, 3.05) is 0 Å². The van der Waals surface area contributed by atoms with Gasteiger partial charge in [0.2, 0.25) is 0 Å². The number of nitrogens with zero attached hydrogens (tertiary/aromatic N) is 3. The van der Waals surface area contributed by atoms with Gasteiger partial charge in [-0.05, 0) is 24.1 Å². The van der Waals surface area contributed by atoms with Crippen LogP contribution < -0.4 is 0 Å². The third kappa shape index (κ3) is 2.92. The summed E-state index contributed by atoms with van der Waals surface area (Å²) in [6.45, 7) is 5.00. The molecule has 0 fully saturated rings. The fraction of sp³-hybridized carbons (Fsp3) is 0.235. The maximum Gasteiger partial charge on any atom is 0.270 e. The molecule has 0 N–H and O–H groups in total. The van der Waals surface area contributed by atoms with Crippen molar-refractivity contribution in [3.8, 4) is 11.4 Å². The topological polar surface area (TPSA) is 61.0 Å². The third-order valence-electron chi connectivity index (χ3n) is 3.60. The lowest BCUT2D eigenvalue weighted by molar-refractivity contribution is -0.384. The van der Waals surface area contributed by atoms with Crippen LogP contribution in [0, 0.1) is 16.0 Å². The van der Waals surface area contributed by atoms with E-state index in [-0.39, 0.29) is 5.69 Å². The number of nitro groups is 1. The Labute approximate surface area is 138 Å². The van der Waals surface area contributed by atoms with E-state index in [0.29, 0.717) is 22.3 Å². The van der Waals surface area contributed by atoms with E-state index in [1.165, 1.54) is 12.1 Å². The zero-order chi connectivity index (χ0) is 16.6. The summed E-state index contributed by atoms with van der Waals surface area (Å²) in [7, 11) is 0. The lowest BCUT2D eigenvalue weighted by Crippen LogP contribution is -2.06. The van der Waals surface area contributed by atoms with Crippen molar-refractivity contribution in [1.29, 1.82) is 0 Å². The molecule has 0 aliphatic carbocycles. The van der Waals surface area contributed by atoms with Crippen molar-refractivity contribution in [2.45, 2.75) is 20.4 Å². The number of hydrogen-bond donors (Lipinski definition) is 0. The van der Waals surface area contributed by atoms with Crippen molar-refractivity contribution in [3.05, 3.63) is 57.6 Å². The minimum Gasteiger partial charge on any atom is -0.324 e. The van der Waals surface area contributed by atoms with E-state index >= 15 is 0 Å². The largest absolute Gasteiger partial charge is 0.324 e. The van der Waals surface area contributed by atoms with Gasteiger partial charge in [0.1, 0.15) is 5.82 Å². The standard InChI is InChI=1S/C17H16ClN3O2/c1-11(2)10-20-16-6-4-3-5-15(16)19-17(20)13-9-12(21(22)23)7-8-14(13)18/h3-9,11H,10H2,1-2H3. The molecule has 0 aliphatic heterocycles. The maximum atomic E-state index is 11.1. The molecule has 6 heteroatoms. The predicted octanol–water partition coefficient (Wildman–Crippen LogP) is 4.92. The van der Waals surface area contributed by atoms with Crippen LogP contribution in [0.3, 0.4) is 0 Å². The normalized spacial score (nSPS) is 11.3. The first-order valence-electron chi connectivity index (χ1n) is 7.37. The van der Waals surface area contributed by atoms with E-state index in [1.807, 2.05) is 24.3 Å². The molecule has 5 nitrogen and oxygen atoms in total. The Morgan fingerprint density at radius 1 is 1.26 bits per heavy atom. The van der Waals surface area contributed by atoms with Gasteiger partial charge in [-0.1, -0.05) is 37.6 Å². The monoisotopic (exact) mass is 329 g/mol. The number of halogens is 1. The summed E-state index contributed by atoms with van der Waals surface area (Å²) in [5.41, 5.74) is 2.44. The van der Waals surface area contributed by atoms with Crippen molar-refractivity contribution >= 4 is 28.3 Å². The quantitative estimate of drug-likeness (QED) is 0.504. The van der Waals surface area contributed by atoms with E-state index in [4.69, 9.17) is 11.6 Å². The van der Waals surface area contributed by atoms with Crippen molar-refractivity contribution in [2.24, 2.45) is 5.92 Å². The minimum absolute atomic E-state index is 0.00699. The number of aromatic nitrogens is 2. The molecule has 3 aromatic rings. The van der Waals surface area contributed by atoms with Crippen LogP contribution in [-0.4, -0.2) is 14.5 Å². The molecule has 118 valence electrons. The van der Waals surface area contributed by atoms with Gasteiger partial charge in [0, 0.05) is 24.2 Å². The molecule has 0 bridgehead atoms. The van der Waals surface area contributed by atoms with Gasteiger partial charge < -0.3 is 4.57 Å². The molecule has 1 heterocycles. The zero-order valence-electron chi connectivity index (χ0n) is 12.9. The lowest BCUT2D eigenvalue weighted by Gasteiger charge is -2.12. The van der Waals surface area contributed by atoms with E-state index < -0.39 is 4.92 Å². The Morgan fingerprint density at radius 2 is 2.00 bits per heavy atom. The van der Waals surface area contributed by atoms with Gasteiger partial charge in [0.05, 0.1) is 21.0 Å². The van der Waals surface area contributed by atoms with Crippen LogP contribution in [0.5, 0.6) is 0 Å². The van der Waals surface area contributed by atoms with E-state index in [2.05, 4.69) is 23.4 Å². The molecule has 0 saturated heterocycles. The molecule has 0 unspecified atom stereocenters. The summed E-state index contributed by atoms with van der Waals surface area (Å²) in [6.07, 6.45) is 0. The van der Waals surface area contributed by atoms with Gasteiger partial charge in [0.15, 0.2) is 0 Å². The number of non-ortho nitro benzene ring substituents is 1. The molecule has 23 heavy (non-hydrogen) atoms. The first-order valence-corrected chi connectivity index (χ1v) is 7.74. The second-order valence-corrected chi connectivity index (χ2v) is 6.26. The Balaban J connectivity index is 2.27. The third-order valence-corrected chi connectivity index (χ3v) is 3.93. The fourth-order valence-corrected chi connectivity index (χ4v) is 2.83. The summed E-state index contributed by atoms with van der Waals surface area (Å²) < 4.78 is 2.07. The Bertz CT molecular complexity index is 887. The number of nitro benzene ring substituents is 1. The lowest BCUT2D eigenvalue weighted by atomic mass is 10.1. The van der Waals surface area contributed by atoms with E-state index in [0.717, 1.165) is 17.6 Å². The molecule has 0 atom stereocenters. The van der Waals surface area contributed by atoms with Crippen molar-refractivity contribution in [1.82, 2.24) is 9.55 Å². The maximum absolute atomic E-state index is 11.1. The number of para-hydroxylation sites is 2. The van der Waals surface area contributed by atoms with Crippen LogP contribution in [0.4, 0.5) is 5.69 Å². The van der Waals surface area contributed by atoms with Gasteiger partial charge in [-0.2, -0.15) is 0 Å². The summed E-state index contributed by atoms with van der Waals surface area (Å²) in [5, 5.41) is 11.5. The average Bonchev–Trinajstić information content (AvgIpc) is 2.85. The highest BCUT2D eigenvalue weighted by Gasteiger charge is 2.18. The highest BCUT2D eigenvalue weighted by molar-refractivity contribution is 6.33. The number of rotatable bonds is 4. The molecule has 0 aliphatic rings. The summed E-state index contributed by atoms with van der Waals surface area (Å²) in [6, 6.07) is 12.3. The van der Waals surface area contributed by atoms with Crippen LogP contribution in [0.2, 0.25) is 5.02 Å². The van der Waals surface area contributed by atoms with Crippen LogP contribution in [0.15, 0.2) is 42.5 Å². The molecular formula is C17H16ClN3O2. The van der Waals surface area contributed by atoms with Crippen molar-refractivity contribution in [3.63, 3.8) is 0 Å².